The molecule has 2 heterocycles. The molecule has 0 radical (unpaired) electrons. The summed E-state index contributed by atoms with van der Waals surface area (Å²) < 4.78 is 55.7. The highest BCUT2D eigenvalue weighted by Crippen LogP contribution is 2.30. The van der Waals surface area contributed by atoms with Gasteiger partial charge in [0.05, 0.1) is 5.56 Å². The van der Waals surface area contributed by atoms with E-state index in [0.717, 1.165) is 12.8 Å². The lowest BCUT2D eigenvalue weighted by atomic mass is 10.0. The van der Waals surface area contributed by atoms with Crippen LogP contribution in [0.3, 0.4) is 0 Å². The molecule has 2 rings (SSSR count). The summed E-state index contributed by atoms with van der Waals surface area (Å²) in [6, 6.07) is 0.458. The van der Waals surface area contributed by atoms with E-state index in [1.807, 2.05) is 0 Å². The van der Waals surface area contributed by atoms with Crippen molar-refractivity contribution in [2.45, 2.75) is 19.0 Å². The molecule has 1 N–H and O–H groups in total. The molecule has 106 valence electrons. The van der Waals surface area contributed by atoms with Crippen LogP contribution in [0, 0.1) is 11.7 Å². The zero-order valence-corrected chi connectivity index (χ0v) is 10.1. The van der Waals surface area contributed by atoms with Gasteiger partial charge in [0.1, 0.15) is 0 Å². The smallest absolute Gasteiger partial charge is 0.381 e. The third kappa shape index (κ3) is 3.79. The SMILES string of the molecule is Fc1cc(C(F)(F)F)cnc1NCC1CCOCC1. The predicted octanol–water partition coefficient (Wildman–Crippen LogP) is 3.08. The van der Waals surface area contributed by atoms with E-state index in [1.54, 1.807) is 0 Å². The van der Waals surface area contributed by atoms with Gasteiger partial charge in [0.15, 0.2) is 11.6 Å². The molecule has 0 bridgehead atoms. The number of pyridine rings is 1. The summed E-state index contributed by atoms with van der Waals surface area (Å²) in [4.78, 5) is 3.49. The van der Waals surface area contributed by atoms with Gasteiger partial charge in [0.25, 0.3) is 0 Å². The molecule has 1 fully saturated rings. The fourth-order valence-electron chi connectivity index (χ4n) is 1.91. The highest BCUT2D eigenvalue weighted by molar-refractivity contribution is 5.38. The number of halogens is 4. The van der Waals surface area contributed by atoms with E-state index in [9.17, 15) is 17.6 Å². The van der Waals surface area contributed by atoms with E-state index < -0.39 is 17.6 Å². The van der Waals surface area contributed by atoms with Crippen molar-refractivity contribution < 1.29 is 22.3 Å². The monoisotopic (exact) mass is 278 g/mol. The number of hydrogen-bond acceptors (Lipinski definition) is 3. The summed E-state index contributed by atoms with van der Waals surface area (Å²) in [5.74, 6) is -0.793. The molecule has 3 nitrogen and oxygen atoms in total. The normalized spacial score (nSPS) is 17.5. The van der Waals surface area contributed by atoms with Gasteiger partial charge in [-0.15, -0.1) is 0 Å². The van der Waals surface area contributed by atoms with Crippen molar-refractivity contribution in [3.8, 4) is 0 Å². The summed E-state index contributed by atoms with van der Waals surface area (Å²) in [6.07, 6.45) is -2.23. The molecule has 1 saturated heterocycles. The van der Waals surface area contributed by atoms with Gasteiger partial charge in [-0.3, -0.25) is 0 Å². The second kappa shape index (κ2) is 5.73. The molecule has 1 aromatic rings. The largest absolute Gasteiger partial charge is 0.417 e. The average molecular weight is 278 g/mol. The second-order valence-corrected chi connectivity index (χ2v) is 4.49. The lowest BCUT2D eigenvalue weighted by molar-refractivity contribution is -0.138. The van der Waals surface area contributed by atoms with Crippen LogP contribution in [0.25, 0.3) is 0 Å². The van der Waals surface area contributed by atoms with Crippen LogP contribution in [-0.4, -0.2) is 24.7 Å². The maximum Gasteiger partial charge on any atom is 0.417 e. The van der Waals surface area contributed by atoms with Gasteiger partial charge in [0, 0.05) is 26.0 Å². The first-order valence-corrected chi connectivity index (χ1v) is 6.01. The maximum absolute atomic E-state index is 13.5. The number of nitrogens with zero attached hydrogens (tertiary/aromatic N) is 1. The van der Waals surface area contributed by atoms with Gasteiger partial charge >= 0.3 is 6.18 Å². The molecule has 0 spiro atoms. The zero-order chi connectivity index (χ0) is 13.9. The van der Waals surface area contributed by atoms with Crippen molar-refractivity contribution in [3.63, 3.8) is 0 Å². The minimum atomic E-state index is -4.58. The van der Waals surface area contributed by atoms with E-state index in [-0.39, 0.29) is 5.82 Å². The first-order chi connectivity index (χ1) is 8.97. The van der Waals surface area contributed by atoms with Crippen molar-refractivity contribution in [2.75, 3.05) is 25.1 Å². The Hall–Kier alpha value is -1.37. The molecule has 0 atom stereocenters. The Balaban J connectivity index is 1.97. The summed E-state index contributed by atoms with van der Waals surface area (Å²) in [5.41, 5.74) is -1.08. The standard InChI is InChI=1S/C12H14F4N2O/c13-10-5-9(12(14,15)16)7-18-11(10)17-6-8-1-3-19-4-2-8/h5,7-8H,1-4,6H2,(H,17,18). The minimum Gasteiger partial charge on any atom is -0.381 e. The fourth-order valence-corrected chi connectivity index (χ4v) is 1.91. The van der Waals surface area contributed by atoms with E-state index in [1.165, 1.54) is 0 Å². The summed E-state index contributed by atoms with van der Waals surface area (Å²) in [5, 5.41) is 2.75. The Bertz CT molecular complexity index is 430. The average Bonchev–Trinajstić information content (AvgIpc) is 2.37. The molecule has 0 saturated carbocycles. The number of ether oxygens (including phenoxy) is 1. The summed E-state index contributed by atoms with van der Waals surface area (Å²) >= 11 is 0. The second-order valence-electron chi connectivity index (χ2n) is 4.49. The molecule has 19 heavy (non-hydrogen) atoms. The molecule has 0 aromatic carbocycles. The maximum atomic E-state index is 13.5. The molecule has 1 aliphatic rings. The number of nitrogens with one attached hydrogen (secondary N) is 1. The summed E-state index contributed by atoms with van der Waals surface area (Å²) in [7, 11) is 0. The highest BCUT2D eigenvalue weighted by atomic mass is 19.4. The van der Waals surface area contributed by atoms with E-state index >= 15 is 0 Å². The lowest BCUT2D eigenvalue weighted by Crippen LogP contribution is -2.23. The number of alkyl halides is 3. The predicted molar refractivity (Wildman–Crippen MR) is 61.2 cm³/mol. The third-order valence-electron chi connectivity index (χ3n) is 3.07. The number of anilines is 1. The van der Waals surface area contributed by atoms with E-state index in [2.05, 4.69) is 10.3 Å². The first-order valence-electron chi connectivity index (χ1n) is 6.01. The molecule has 0 amide bonds. The Kier molecular flexibility index (Phi) is 4.24. The topological polar surface area (TPSA) is 34.2 Å². The van der Waals surface area contributed by atoms with E-state index in [0.29, 0.717) is 37.9 Å². The third-order valence-corrected chi connectivity index (χ3v) is 3.07. The highest BCUT2D eigenvalue weighted by Gasteiger charge is 2.31. The van der Waals surface area contributed by atoms with Gasteiger partial charge in [0.2, 0.25) is 0 Å². The van der Waals surface area contributed by atoms with Gasteiger partial charge in [-0.05, 0) is 24.8 Å². The van der Waals surface area contributed by atoms with Crippen LogP contribution in [0.4, 0.5) is 23.4 Å². The Morgan fingerprint density at radius 2 is 2.00 bits per heavy atom. The quantitative estimate of drug-likeness (QED) is 0.863. The van der Waals surface area contributed by atoms with Crippen LogP contribution >= 0.6 is 0 Å². The molecular formula is C12H14F4N2O. The number of hydrogen-bond donors (Lipinski definition) is 1. The lowest BCUT2D eigenvalue weighted by Gasteiger charge is -2.22. The number of aromatic nitrogens is 1. The Morgan fingerprint density at radius 3 is 2.58 bits per heavy atom. The molecule has 1 aromatic heterocycles. The van der Waals surface area contributed by atoms with Crippen LogP contribution in [0.1, 0.15) is 18.4 Å². The zero-order valence-electron chi connectivity index (χ0n) is 10.1. The van der Waals surface area contributed by atoms with E-state index in [4.69, 9.17) is 4.74 Å². The fraction of sp³-hybridized carbons (Fsp3) is 0.583. The van der Waals surface area contributed by atoms with Gasteiger partial charge in [-0.1, -0.05) is 0 Å². The van der Waals surface area contributed by atoms with Crippen molar-refractivity contribution in [2.24, 2.45) is 5.92 Å². The molecule has 0 aliphatic carbocycles. The Labute approximate surface area is 108 Å². The van der Waals surface area contributed by atoms with Crippen LogP contribution < -0.4 is 5.32 Å². The molecular weight excluding hydrogens is 264 g/mol. The van der Waals surface area contributed by atoms with Crippen molar-refractivity contribution >= 4 is 5.82 Å². The molecule has 1 aliphatic heterocycles. The molecule has 7 heteroatoms. The molecule has 0 unspecified atom stereocenters. The van der Waals surface area contributed by atoms with Gasteiger partial charge in [-0.2, -0.15) is 13.2 Å². The summed E-state index contributed by atoms with van der Waals surface area (Å²) in [6.45, 7) is 1.81. The van der Waals surface area contributed by atoms with Crippen LogP contribution in [0.5, 0.6) is 0 Å². The minimum absolute atomic E-state index is 0.139. The number of rotatable bonds is 3. The first kappa shape index (κ1) is 14.0. The van der Waals surface area contributed by atoms with Gasteiger partial charge < -0.3 is 10.1 Å². The van der Waals surface area contributed by atoms with Crippen LogP contribution in [0.15, 0.2) is 12.3 Å². The van der Waals surface area contributed by atoms with Crippen molar-refractivity contribution in [1.82, 2.24) is 4.98 Å². The van der Waals surface area contributed by atoms with Crippen molar-refractivity contribution in [3.05, 3.63) is 23.6 Å². The Morgan fingerprint density at radius 1 is 1.32 bits per heavy atom. The van der Waals surface area contributed by atoms with Crippen LogP contribution in [0.2, 0.25) is 0 Å². The van der Waals surface area contributed by atoms with Gasteiger partial charge in [-0.25, -0.2) is 9.37 Å². The van der Waals surface area contributed by atoms with Crippen molar-refractivity contribution in [1.29, 1.82) is 0 Å². The van der Waals surface area contributed by atoms with Crippen LogP contribution in [-0.2, 0) is 10.9 Å².